The second-order valence-corrected chi connectivity index (χ2v) is 8.65. The summed E-state index contributed by atoms with van der Waals surface area (Å²) in [6.45, 7) is 4.30. The zero-order valence-corrected chi connectivity index (χ0v) is 18.7. The normalized spacial score (nSPS) is 19.0. The first-order valence-electron chi connectivity index (χ1n) is 10.3. The number of esters is 1. The molecule has 2 heterocycles. The van der Waals surface area contributed by atoms with Crippen LogP contribution in [-0.2, 0) is 9.53 Å². The Hall–Kier alpha value is -3.06. The van der Waals surface area contributed by atoms with Gasteiger partial charge >= 0.3 is 5.97 Å². The maximum absolute atomic E-state index is 12.8. The summed E-state index contributed by atoms with van der Waals surface area (Å²) >= 11 is 1.36. The Morgan fingerprint density at radius 2 is 1.84 bits per heavy atom. The molecule has 0 bridgehead atoms. The molecular formula is C24H25N3O3S. The minimum absolute atomic E-state index is 0.0713. The molecule has 0 saturated carbocycles. The van der Waals surface area contributed by atoms with E-state index >= 15 is 0 Å². The van der Waals surface area contributed by atoms with E-state index < -0.39 is 5.97 Å². The Labute approximate surface area is 186 Å². The van der Waals surface area contributed by atoms with E-state index in [9.17, 15) is 9.59 Å². The second kappa shape index (κ2) is 8.98. The van der Waals surface area contributed by atoms with Crippen LogP contribution in [0.5, 0.6) is 0 Å². The highest BCUT2D eigenvalue weighted by Gasteiger charge is 2.30. The number of rotatable bonds is 4. The van der Waals surface area contributed by atoms with Crippen LogP contribution < -0.4 is 4.90 Å². The molecule has 0 unspecified atom stereocenters. The van der Waals surface area contributed by atoms with Crippen LogP contribution in [0.3, 0.4) is 0 Å². The molecule has 0 N–H and O–H groups in total. The molecular weight excluding hydrogens is 410 g/mol. The van der Waals surface area contributed by atoms with E-state index in [0.29, 0.717) is 21.3 Å². The van der Waals surface area contributed by atoms with Gasteiger partial charge in [0.05, 0.1) is 23.3 Å². The van der Waals surface area contributed by atoms with Crippen molar-refractivity contribution in [2.24, 2.45) is 4.99 Å². The van der Waals surface area contributed by atoms with Crippen molar-refractivity contribution in [3.63, 3.8) is 0 Å². The number of thioether (sulfide) groups is 1. The number of likely N-dealkylation sites (N-methyl/N-ethyl adjacent to an activating group) is 1. The highest BCUT2D eigenvalue weighted by Crippen LogP contribution is 2.34. The van der Waals surface area contributed by atoms with Gasteiger partial charge in [-0.15, -0.1) is 0 Å². The lowest BCUT2D eigenvalue weighted by atomic mass is 10.1. The van der Waals surface area contributed by atoms with Gasteiger partial charge in [0.1, 0.15) is 0 Å². The van der Waals surface area contributed by atoms with Gasteiger partial charge in [0.2, 0.25) is 0 Å². The summed E-state index contributed by atoms with van der Waals surface area (Å²) < 4.78 is 4.72. The third-order valence-corrected chi connectivity index (χ3v) is 6.59. The van der Waals surface area contributed by atoms with Crippen LogP contribution in [0, 0.1) is 6.92 Å². The van der Waals surface area contributed by atoms with Gasteiger partial charge in [0.15, 0.2) is 5.17 Å². The summed E-state index contributed by atoms with van der Waals surface area (Å²) in [4.78, 5) is 33.5. The predicted molar refractivity (Wildman–Crippen MR) is 126 cm³/mol. The van der Waals surface area contributed by atoms with E-state index in [4.69, 9.17) is 4.74 Å². The molecule has 0 aliphatic carbocycles. The Morgan fingerprint density at radius 1 is 1.13 bits per heavy atom. The second-order valence-electron chi connectivity index (χ2n) is 7.64. The Kier molecular flexibility index (Phi) is 6.13. The lowest BCUT2D eigenvalue weighted by Gasteiger charge is -2.18. The first-order valence-corrected chi connectivity index (χ1v) is 11.1. The SMILES string of the molecule is COC(=O)c1ccc(N=C2S/C(=C\c3ccc(N4CCCC4)cc3C)C(=O)N2C)cc1. The van der Waals surface area contributed by atoms with Gasteiger partial charge in [0.25, 0.3) is 5.91 Å². The summed E-state index contributed by atoms with van der Waals surface area (Å²) in [5, 5.41) is 0.605. The van der Waals surface area contributed by atoms with E-state index in [-0.39, 0.29) is 5.91 Å². The minimum Gasteiger partial charge on any atom is -0.465 e. The molecule has 160 valence electrons. The maximum atomic E-state index is 12.8. The standard InChI is InChI=1S/C24H25N3O3S/c1-16-14-20(27-12-4-5-13-27)11-8-18(16)15-21-22(28)26(2)24(31-21)25-19-9-6-17(7-10-19)23(29)30-3/h6-11,14-15H,4-5,12-13H2,1-3H3/b21-15-,25-24?. The average molecular weight is 436 g/mol. The van der Waals surface area contributed by atoms with Crippen molar-refractivity contribution >= 4 is 46.3 Å². The molecule has 2 fully saturated rings. The molecule has 0 aromatic heterocycles. The van der Waals surface area contributed by atoms with Crippen LogP contribution in [0.2, 0.25) is 0 Å². The van der Waals surface area contributed by atoms with Gasteiger partial charge in [-0.3, -0.25) is 9.69 Å². The Bertz CT molecular complexity index is 1070. The number of aryl methyl sites for hydroxylation is 1. The van der Waals surface area contributed by atoms with Crippen molar-refractivity contribution in [3.05, 3.63) is 64.1 Å². The molecule has 31 heavy (non-hydrogen) atoms. The first-order chi connectivity index (χ1) is 15.0. The van der Waals surface area contributed by atoms with Crippen molar-refractivity contribution < 1.29 is 14.3 Å². The number of carbonyl (C=O) groups is 2. The largest absolute Gasteiger partial charge is 0.465 e. The fourth-order valence-electron chi connectivity index (χ4n) is 3.69. The molecule has 7 heteroatoms. The van der Waals surface area contributed by atoms with Crippen molar-refractivity contribution in [2.45, 2.75) is 19.8 Å². The van der Waals surface area contributed by atoms with Crippen molar-refractivity contribution in [3.8, 4) is 0 Å². The molecule has 4 rings (SSSR count). The number of benzene rings is 2. The summed E-state index contributed by atoms with van der Waals surface area (Å²) in [5.41, 5.74) is 4.57. The van der Waals surface area contributed by atoms with Crippen molar-refractivity contribution in [1.29, 1.82) is 0 Å². The van der Waals surface area contributed by atoms with Crippen LogP contribution in [-0.4, -0.2) is 49.2 Å². The van der Waals surface area contributed by atoms with E-state index in [1.807, 2.05) is 6.08 Å². The van der Waals surface area contributed by atoms with Crippen molar-refractivity contribution in [2.75, 3.05) is 32.1 Å². The van der Waals surface area contributed by atoms with E-state index in [1.54, 1.807) is 36.2 Å². The number of amides is 1. The lowest BCUT2D eigenvalue weighted by molar-refractivity contribution is -0.121. The number of anilines is 1. The fourth-order valence-corrected chi connectivity index (χ4v) is 4.66. The van der Waals surface area contributed by atoms with E-state index in [0.717, 1.165) is 24.2 Å². The summed E-state index contributed by atoms with van der Waals surface area (Å²) in [7, 11) is 3.07. The summed E-state index contributed by atoms with van der Waals surface area (Å²) in [5.74, 6) is -0.462. The van der Waals surface area contributed by atoms with Crippen LogP contribution in [0.15, 0.2) is 52.4 Å². The number of nitrogens with zero attached hydrogens (tertiary/aromatic N) is 3. The van der Waals surface area contributed by atoms with Crippen LogP contribution in [0.1, 0.15) is 34.3 Å². The van der Waals surface area contributed by atoms with Crippen LogP contribution >= 0.6 is 11.8 Å². The summed E-state index contributed by atoms with van der Waals surface area (Å²) in [6.07, 6.45) is 4.43. The molecule has 1 amide bonds. The van der Waals surface area contributed by atoms with Gasteiger partial charge in [-0.25, -0.2) is 9.79 Å². The monoisotopic (exact) mass is 435 g/mol. The third kappa shape index (κ3) is 4.51. The summed E-state index contributed by atoms with van der Waals surface area (Å²) in [6, 6.07) is 13.2. The highest BCUT2D eigenvalue weighted by molar-refractivity contribution is 8.18. The molecule has 2 aliphatic heterocycles. The Morgan fingerprint density at radius 3 is 2.48 bits per heavy atom. The number of aliphatic imine (C=N–C) groups is 1. The number of hydrogen-bond acceptors (Lipinski definition) is 6. The van der Waals surface area contributed by atoms with Gasteiger partial charge in [-0.1, -0.05) is 6.07 Å². The molecule has 2 aromatic carbocycles. The van der Waals surface area contributed by atoms with Gasteiger partial charge in [-0.2, -0.15) is 0 Å². The van der Waals surface area contributed by atoms with E-state index in [2.05, 4.69) is 35.0 Å². The molecule has 2 saturated heterocycles. The zero-order chi connectivity index (χ0) is 22.0. The number of hydrogen-bond donors (Lipinski definition) is 0. The smallest absolute Gasteiger partial charge is 0.337 e. The molecule has 0 spiro atoms. The number of methoxy groups -OCH3 is 1. The zero-order valence-electron chi connectivity index (χ0n) is 17.9. The van der Waals surface area contributed by atoms with Crippen LogP contribution in [0.25, 0.3) is 6.08 Å². The van der Waals surface area contributed by atoms with Crippen molar-refractivity contribution in [1.82, 2.24) is 4.90 Å². The molecule has 6 nitrogen and oxygen atoms in total. The van der Waals surface area contributed by atoms with E-state index in [1.165, 1.54) is 37.4 Å². The predicted octanol–water partition coefficient (Wildman–Crippen LogP) is 4.62. The average Bonchev–Trinajstić information content (AvgIpc) is 3.40. The molecule has 0 atom stereocenters. The topological polar surface area (TPSA) is 62.2 Å². The molecule has 2 aliphatic rings. The highest BCUT2D eigenvalue weighted by atomic mass is 32.2. The van der Waals surface area contributed by atoms with Gasteiger partial charge < -0.3 is 9.64 Å². The Balaban J connectivity index is 1.54. The first kappa shape index (κ1) is 21.2. The maximum Gasteiger partial charge on any atom is 0.337 e. The fraction of sp³-hybridized carbons (Fsp3) is 0.292. The number of carbonyl (C=O) groups excluding carboxylic acids is 2. The lowest BCUT2D eigenvalue weighted by Crippen LogP contribution is -2.23. The molecule has 2 aromatic rings. The van der Waals surface area contributed by atoms with Crippen LogP contribution in [0.4, 0.5) is 11.4 Å². The minimum atomic E-state index is -0.391. The third-order valence-electron chi connectivity index (χ3n) is 5.53. The number of ether oxygens (including phenoxy) is 1. The number of amidine groups is 1. The molecule has 0 radical (unpaired) electrons. The van der Waals surface area contributed by atoms with Gasteiger partial charge in [-0.05, 0) is 85.1 Å². The quantitative estimate of drug-likeness (QED) is 0.518. The van der Waals surface area contributed by atoms with Gasteiger partial charge in [0, 0.05) is 25.8 Å².